The van der Waals surface area contributed by atoms with E-state index in [1.165, 1.54) is 0 Å². The lowest BCUT2D eigenvalue weighted by molar-refractivity contribution is -0.134. The molecule has 1 amide bonds. The highest BCUT2D eigenvalue weighted by molar-refractivity contribution is 9.10. The third kappa shape index (κ3) is 4.75. The highest BCUT2D eigenvalue weighted by Crippen LogP contribution is 2.33. The van der Waals surface area contributed by atoms with Gasteiger partial charge in [0.2, 0.25) is 10.0 Å². The summed E-state index contributed by atoms with van der Waals surface area (Å²) in [6, 6.07) is 11.6. The van der Waals surface area contributed by atoms with E-state index in [4.69, 9.17) is 4.74 Å². The van der Waals surface area contributed by atoms with Crippen LogP contribution in [0.1, 0.15) is 12.8 Å². The van der Waals surface area contributed by atoms with Gasteiger partial charge in [-0.3, -0.25) is 4.79 Å². The fraction of sp³-hybridized carbons (Fsp3) is 0.389. The molecule has 0 atom stereocenters. The van der Waals surface area contributed by atoms with Crippen molar-refractivity contribution >= 4 is 42.6 Å². The van der Waals surface area contributed by atoms with Crippen LogP contribution in [0.2, 0.25) is 0 Å². The number of carbonyl (C=O) groups excluding carboxylic acids is 1. The largest absolute Gasteiger partial charge is 0.483 e. The molecule has 1 heterocycles. The average Bonchev–Trinajstić information content (AvgIpc) is 2.60. The molecule has 0 aromatic heterocycles. The number of fused-ring (bicyclic) bond motifs is 1. The minimum Gasteiger partial charge on any atom is -0.483 e. The van der Waals surface area contributed by atoms with E-state index in [2.05, 4.69) is 20.7 Å². The molecule has 0 radical (unpaired) electrons. The van der Waals surface area contributed by atoms with Crippen LogP contribution >= 0.6 is 15.9 Å². The van der Waals surface area contributed by atoms with Crippen molar-refractivity contribution in [2.75, 3.05) is 26.0 Å². The molecule has 0 saturated carbocycles. The van der Waals surface area contributed by atoms with Crippen LogP contribution in [0.25, 0.3) is 10.8 Å². The van der Waals surface area contributed by atoms with Crippen molar-refractivity contribution < 1.29 is 17.9 Å². The van der Waals surface area contributed by atoms with Crippen LogP contribution < -0.4 is 9.46 Å². The van der Waals surface area contributed by atoms with Gasteiger partial charge in [0.05, 0.1) is 10.7 Å². The summed E-state index contributed by atoms with van der Waals surface area (Å²) in [6.07, 6.45) is 2.37. The lowest BCUT2D eigenvalue weighted by Crippen LogP contribution is -2.47. The Morgan fingerprint density at radius 3 is 2.62 bits per heavy atom. The Balaban J connectivity index is 1.56. The molecule has 3 rings (SSSR count). The summed E-state index contributed by atoms with van der Waals surface area (Å²) in [5.74, 6) is 0.536. The maximum absolute atomic E-state index is 12.4. The van der Waals surface area contributed by atoms with Crippen LogP contribution in [0.4, 0.5) is 0 Å². The number of hydrogen-bond acceptors (Lipinski definition) is 4. The van der Waals surface area contributed by atoms with E-state index < -0.39 is 10.0 Å². The Bertz CT molecular complexity index is 909. The van der Waals surface area contributed by atoms with Gasteiger partial charge >= 0.3 is 0 Å². The number of nitrogens with one attached hydrogen (secondary N) is 1. The number of amides is 1. The summed E-state index contributed by atoms with van der Waals surface area (Å²) in [5.41, 5.74) is 0. The number of benzene rings is 2. The van der Waals surface area contributed by atoms with E-state index in [0.29, 0.717) is 31.7 Å². The van der Waals surface area contributed by atoms with Crippen LogP contribution in [-0.2, 0) is 14.8 Å². The van der Waals surface area contributed by atoms with Gasteiger partial charge in [0, 0.05) is 19.1 Å². The number of ether oxygens (including phenoxy) is 1. The molecular formula is C18H21BrN2O4S. The first-order chi connectivity index (χ1) is 12.3. The number of carbonyl (C=O) groups is 1. The summed E-state index contributed by atoms with van der Waals surface area (Å²) >= 11 is 3.55. The first-order valence-electron chi connectivity index (χ1n) is 8.38. The Kier molecular flexibility index (Phi) is 5.84. The van der Waals surface area contributed by atoms with Crippen molar-refractivity contribution in [1.82, 2.24) is 9.62 Å². The Labute approximate surface area is 161 Å². The van der Waals surface area contributed by atoms with Crippen LogP contribution in [0.3, 0.4) is 0 Å². The van der Waals surface area contributed by atoms with Gasteiger partial charge in [-0.05, 0) is 45.6 Å². The van der Waals surface area contributed by atoms with Crippen molar-refractivity contribution in [3.05, 3.63) is 40.9 Å². The third-order valence-electron chi connectivity index (χ3n) is 4.41. The molecule has 1 saturated heterocycles. The minimum atomic E-state index is -3.21. The summed E-state index contributed by atoms with van der Waals surface area (Å²) in [4.78, 5) is 14.1. The SMILES string of the molecule is CS(=O)(=O)NC1CCN(C(=O)COc2ccc3ccccc3c2Br)CC1. The number of piperidine rings is 1. The quantitative estimate of drug-likeness (QED) is 0.774. The van der Waals surface area contributed by atoms with Crippen molar-refractivity contribution in [3.8, 4) is 5.75 Å². The Morgan fingerprint density at radius 2 is 1.92 bits per heavy atom. The number of nitrogens with zero attached hydrogens (tertiary/aromatic N) is 1. The predicted octanol–water partition coefficient (Wildman–Crippen LogP) is 2.52. The summed E-state index contributed by atoms with van der Waals surface area (Å²) in [7, 11) is -3.21. The zero-order valence-electron chi connectivity index (χ0n) is 14.4. The molecule has 26 heavy (non-hydrogen) atoms. The van der Waals surface area contributed by atoms with Gasteiger partial charge in [0.15, 0.2) is 6.61 Å². The molecule has 1 aliphatic heterocycles. The molecule has 2 aromatic rings. The third-order valence-corrected chi connectivity index (χ3v) is 5.99. The second-order valence-electron chi connectivity index (χ2n) is 6.43. The maximum Gasteiger partial charge on any atom is 0.260 e. The highest BCUT2D eigenvalue weighted by atomic mass is 79.9. The molecule has 1 aliphatic rings. The molecule has 1 fully saturated rings. The molecule has 0 aliphatic carbocycles. The maximum atomic E-state index is 12.4. The van der Waals surface area contributed by atoms with Gasteiger partial charge in [0.1, 0.15) is 5.75 Å². The number of sulfonamides is 1. The van der Waals surface area contributed by atoms with E-state index in [1.54, 1.807) is 4.90 Å². The van der Waals surface area contributed by atoms with Crippen LogP contribution in [0.5, 0.6) is 5.75 Å². The molecule has 0 bridgehead atoms. The smallest absolute Gasteiger partial charge is 0.260 e. The zero-order valence-corrected chi connectivity index (χ0v) is 16.8. The molecule has 140 valence electrons. The molecule has 1 N–H and O–H groups in total. The molecule has 8 heteroatoms. The summed E-state index contributed by atoms with van der Waals surface area (Å²) < 4.78 is 31.7. The Hall–Kier alpha value is -1.64. The molecule has 2 aromatic carbocycles. The molecule has 0 spiro atoms. The van der Waals surface area contributed by atoms with Crippen LogP contribution in [-0.4, -0.2) is 51.2 Å². The van der Waals surface area contributed by atoms with Crippen molar-refractivity contribution in [2.45, 2.75) is 18.9 Å². The highest BCUT2D eigenvalue weighted by Gasteiger charge is 2.24. The van der Waals surface area contributed by atoms with Crippen LogP contribution in [0.15, 0.2) is 40.9 Å². The van der Waals surface area contributed by atoms with E-state index in [-0.39, 0.29) is 18.6 Å². The first-order valence-corrected chi connectivity index (χ1v) is 11.1. The fourth-order valence-electron chi connectivity index (χ4n) is 3.11. The zero-order chi connectivity index (χ0) is 18.7. The molecule has 6 nitrogen and oxygen atoms in total. The standard InChI is InChI=1S/C18H21BrN2O4S/c1-26(23,24)20-14-8-10-21(11-9-14)17(22)12-25-16-7-6-13-4-2-3-5-15(13)18(16)19/h2-7,14,20H,8-12H2,1H3. The number of hydrogen-bond donors (Lipinski definition) is 1. The molecular weight excluding hydrogens is 420 g/mol. The normalized spacial score (nSPS) is 16.0. The van der Waals surface area contributed by atoms with E-state index >= 15 is 0 Å². The van der Waals surface area contributed by atoms with Gasteiger partial charge in [-0.25, -0.2) is 13.1 Å². The van der Waals surface area contributed by atoms with Gasteiger partial charge in [0.25, 0.3) is 5.91 Å². The first kappa shape index (κ1) is 19.1. The summed E-state index contributed by atoms with van der Waals surface area (Å²) in [5, 5.41) is 2.13. The van der Waals surface area contributed by atoms with Gasteiger partial charge < -0.3 is 9.64 Å². The van der Waals surface area contributed by atoms with E-state index in [1.807, 2.05) is 36.4 Å². The summed E-state index contributed by atoms with van der Waals surface area (Å²) in [6.45, 7) is 1.00. The number of likely N-dealkylation sites (tertiary alicyclic amines) is 1. The fourth-order valence-corrected chi connectivity index (χ4v) is 4.55. The van der Waals surface area contributed by atoms with Gasteiger partial charge in [-0.2, -0.15) is 0 Å². The van der Waals surface area contributed by atoms with Gasteiger partial charge in [-0.15, -0.1) is 0 Å². The second-order valence-corrected chi connectivity index (χ2v) is 9.01. The monoisotopic (exact) mass is 440 g/mol. The van der Waals surface area contributed by atoms with Crippen molar-refractivity contribution in [2.24, 2.45) is 0 Å². The second kappa shape index (κ2) is 7.94. The van der Waals surface area contributed by atoms with E-state index in [0.717, 1.165) is 21.5 Å². The van der Waals surface area contributed by atoms with Crippen molar-refractivity contribution in [3.63, 3.8) is 0 Å². The molecule has 0 unspecified atom stereocenters. The minimum absolute atomic E-state index is 0.0406. The van der Waals surface area contributed by atoms with Crippen molar-refractivity contribution in [1.29, 1.82) is 0 Å². The average molecular weight is 441 g/mol. The number of rotatable bonds is 5. The predicted molar refractivity (Wildman–Crippen MR) is 105 cm³/mol. The Morgan fingerprint density at radius 1 is 1.23 bits per heavy atom. The van der Waals surface area contributed by atoms with Gasteiger partial charge in [-0.1, -0.05) is 30.3 Å². The lowest BCUT2D eigenvalue weighted by Gasteiger charge is -2.32. The van der Waals surface area contributed by atoms with E-state index in [9.17, 15) is 13.2 Å². The topological polar surface area (TPSA) is 75.7 Å². The lowest BCUT2D eigenvalue weighted by atomic mass is 10.1. The van der Waals surface area contributed by atoms with Crippen LogP contribution in [0, 0.1) is 0 Å². The number of halogens is 1.